The van der Waals surface area contributed by atoms with E-state index >= 15 is 0 Å². The molecule has 2 heteroatoms. The molecule has 2 aromatic rings. The van der Waals surface area contributed by atoms with E-state index in [9.17, 15) is 0 Å². The van der Waals surface area contributed by atoms with Gasteiger partial charge in [-0.1, -0.05) is 48.5 Å². The van der Waals surface area contributed by atoms with Gasteiger partial charge in [-0.25, -0.2) is 0 Å². The Kier molecular flexibility index (Phi) is 4.17. The Balaban J connectivity index is 2.15. The number of rotatable bonds is 5. The molecule has 0 fully saturated rings. The summed E-state index contributed by atoms with van der Waals surface area (Å²) in [7, 11) is 0. The number of para-hydroxylation sites is 1. The van der Waals surface area contributed by atoms with Crippen LogP contribution in [0.2, 0.25) is 0 Å². The van der Waals surface area contributed by atoms with Crippen molar-refractivity contribution in [2.24, 2.45) is 5.73 Å². The van der Waals surface area contributed by atoms with Gasteiger partial charge in [-0.15, -0.1) is 0 Å². The summed E-state index contributed by atoms with van der Waals surface area (Å²) in [6, 6.07) is 18.9. The molecule has 0 aliphatic heterocycles. The number of hydrogen-bond acceptors (Lipinski definition) is 2. The number of benzene rings is 2. The molecule has 0 radical (unpaired) electrons. The Hall–Kier alpha value is -1.80. The fraction of sp³-hybridized carbons (Fsp3) is 0.200. The van der Waals surface area contributed by atoms with Crippen molar-refractivity contribution in [1.29, 1.82) is 0 Å². The van der Waals surface area contributed by atoms with Gasteiger partial charge in [0.25, 0.3) is 0 Å². The van der Waals surface area contributed by atoms with Crippen LogP contribution in [0.4, 0.5) is 5.69 Å². The van der Waals surface area contributed by atoms with Gasteiger partial charge in [-0.2, -0.15) is 0 Å². The molecule has 0 saturated heterocycles. The lowest BCUT2D eigenvalue weighted by molar-refractivity contribution is 1.02. The van der Waals surface area contributed by atoms with Crippen molar-refractivity contribution in [3.8, 4) is 0 Å². The first-order valence-electron chi connectivity index (χ1n) is 5.96. The normalized spacial score (nSPS) is 10.2. The van der Waals surface area contributed by atoms with E-state index in [1.54, 1.807) is 0 Å². The molecule has 88 valence electrons. The summed E-state index contributed by atoms with van der Waals surface area (Å²) < 4.78 is 0. The Morgan fingerprint density at radius 1 is 0.882 bits per heavy atom. The zero-order chi connectivity index (χ0) is 11.9. The Morgan fingerprint density at radius 2 is 1.59 bits per heavy atom. The standard InChI is InChI=1S/C15H18N2/c16-10-11-17-15-9-5-4-8-14(15)12-13-6-2-1-3-7-13/h1-9,17H,10-12,16H2. The van der Waals surface area contributed by atoms with Crippen molar-refractivity contribution in [2.45, 2.75) is 6.42 Å². The van der Waals surface area contributed by atoms with E-state index in [1.807, 2.05) is 12.1 Å². The van der Waals surface area contributed by atoms with Crippen LogP contribution in [0.25, 0.3) is 0 Å². The summed E-state index contributed by atoms with van der Waals surface area (Å²) in [4.78, 5) is 0. The van der Waals surface area contributed by atoms with E-state index in [0.29, 0.717) is 6.54 Å². The molecule has 0 heterocycles. The van der Waals surface area contributed by atoms with Crippen LogP contribution >= 0.6 is 0 Å². The highest BCUT2D eigenvalue weighted by atomic mass is 14.9. The first-order chi connectivity index (χ1) is 8.40. The molecule has 17 heavy (non-hydrogen) atoms. The topological polar surface area (TPSA) is 38.0 Å². The zero-order valence-electron chi connectivity index (χ0n) is 9.89. The minimum atomic E-state index is 0.652. The largest absolute Gasteiger partial charge is 0.384 e. The van der Waals surface area contributed by atoms with E-state index in [4.69, 9.17) is 5.73 Å². The average molecular weight is 226 g/mol. The van der Waals surface area contributed by atoms with Gasteiger partial charge >= 0.3 is 0 Å². The van der Waals surface area contributed by atoms with Gasteiger partial charge < -0.3 is 11.1 Å². The van der Waals surface area contributed by atoms with Crippen molar-refractivity contribution in [2.75, 3.05) is 18.4 Å². The first-order valence-corrected chi connectivity index (χ1v) is 5.96. The second-order valence-corrected chi connectivity index (χ2v) is 4.03. The molecular formula is C15H18N2. The van der Waals surface area contributed by atoms with Crippen molar-refractivity contribution >= 4 is 5.69 Å². The summed E-state index contributed by atoms with van der Waals surface area (Å²) in [5, 5.41) is 3.36. The fourth-order valence-corrected chi connectivity index (χ4v) is 1.87. The molecule has 0 unspecified atom stereocenters. The minimum absolute atomic E-state index is 0.652. The summed E-state index contributed by atoms with van der Waals surface area (Å²) >= 11 is 0. The third-order valence-corrected chi connectivity index (χ3v) is 2.71. The molecule has 2 nitrogen and oxygen atoms in total. The van der Waals surface area contributed by atoms with Crippen molar-refractivity contribution in [3.63, 3.8) is 0 Å². The predicted molar refractivity (Wildman–Crippen MR) is 73.2 cm³/mol. The van der Waals surface area contributed by atoms with Gasteiger partial charge in [0, 0.05) is 18.8 Å². The van der Waals surface area contributed by atoms with Gasteiger partial charge in [0.1, 0.15) is 0 Å². The monoisotopic (exact) mass is 226 g/mol. The van der Waals surface area contributed by atoms with Crippen LogP contribution in [-0.2, 0) is 6.42 Å². The van der Waals surface area contributed by atoms with E-state index < -0.39 is 0 Å². The smallest absolute Gasteiger partial charge is 0.0376 e. The molecule has 0 atom stereocenters. The second kappa shape index (κ2) is 6.06. The van der Waals surface area contributed by atoms with Gasteiger partial charge in [-0.05, 0) is 23.6 Å². The number of nitrogens with one attached hydrogen (secondary N) is 1. The summed E-state index contributed by atoms with van der Waals surface area (Å²) in [5.41, 5.74) is 9.34. The number of nitrogens with two attached hydrogens (primary N) is 1. The first kappa shape index (κ1) is 11.7. The van der Waals surface area contributed by atoms with Gasteiger partial charge in [-0.3, -0.25) is 0 Å². The van der Waals surface area contributed by atoms with Crippen LogP contribution in [-0.4, -0.2) is 13.1 Å². The fourth-order valence-electron chi connectivity index (χ4n) is 1.87. The summed E-state index contributed by atoms with van der Waals surface area (Å²) in [6.45, 7) is 1.46. The third-order valence-electron chi connectivity index (χ3n) is 2.71. The van der Waals surface area contributed by atoms with Gasteiger partial charge in [0.2, 0.25) is 0 Å². The molecule has 0 saturated carbocycles. The Bertz CT molecular complexity index is 451. The molecule has 0 spiro atoms. The quantitative estimate of drug-likeness (QED) is 0.822. The molecular weight excluding hydrogens is 208 g/mol. The molecule has 0 aliphatic carbocycles. The SMILES string of the molecule is NCCNc1ccccc1Cc1ccccc1. The third kappa shape index (κ3) is 3.33. The van der Waals surface area contributed by atoms with E-state index in [2.05, 4.69) is 47.8 Å². The molecule has 0 aliphatic rings. The van der Waals surface area contributed by atoms with Crippen LogP contribution in [0, 0.1) is 0 Å². The highest BCUT2D eigenvalue weighted by Crippen LogP contribution is 2.18. The van der Waals surface area contributed by atoms with Crippen molar-refractivity contribution in [1.82, 2.24) is 0 Å². The van der Waals surface area contributed by atoms with Crippen LogP contribution < -0.4 is 11.1 Å². The lowest BCUT2D eigenvalue weighted by Crippen LogP contribution is -2.14. The van der Waals surface area contributed by atoms with Crippen LogP contribution in [0.1, 0.15) is 11.1 Å². The maximum atomic E-state index is 5.52. The van der Waals surface area contributed by atoms with Crippen molar-refractivity contribution in [3.05, 3.63) is 65.7 Å². The maximum Gasteiger partial charge on any atom is 0.0376 e. The molecule has 0 aromatic heterocycles. The van der Waals surface area contributed by atoms with E-state index in [0.717, 1.165) is 13.0 Å². The number of anilines is 1. The van der Waals surface area contributed by atoms with Gasteiger partial charge in [0.05, 0.1) is 0 Å². The lowest BCUT2D eigenvalue weighted by Gasteiger charge is -2.11. The zero-order valence-corrected chi connectivity index (χ0v) is 9.89. The molecule has 0 bridgehead atoms. The second-order valence-electron chi connectivity index (χ2n) is 4.03. The van der Waals surface area contributed by atoms with E-state index in [1.165, 1.54) is 16.8 Å². The van der Waals surface area contributed by atoms with Crippen LogP contribution in [0.5, 0.6) is 0 Å². The Morgan fingerprint density at radius 3 is 2.35 bits per heavy atom. The number of hydrogen-bond donors (Lipinski definition) is 2. The lowest BCUT2D eigenvalue weighted by atomic mass is 10.0. The highest BCUT2D eigenvalue weighted by Gasteiger charge is 2.01. The van der Waals surface area contributed by atoms with Crippen molar-refractivity contribution < 1.29 is 0 Å². The Labute approximate surface area is 102 Å². The van der Waals surface area contributed by atoms with Gasteiger partial charge in [0.15, 0.2) is 0 Å². The summed E-state index contributed by atoms with van der Waals surface area (Å²) in [5.74, 6) is 0. The average Bonchev–Trinajstić information content (AvgIpc) is 2.39. The molecule has 2 aromatic carbocycles. The molecule has 0 amide bonds. The predicted octanol–water partition coefficient (Wildman–Crippen LogP) is 2.65. The van der Waals surface area contributed by atoms with Crippen LogP contribution in [0.3, 0.4) is 0 Å². The maximum absolute atomic E-state index is 5.52. The molecule has 2 rings (SSSR count). The highest BCUT2D eigenvalue weighted by molar-refractivity contribution is 5.52. The summed E-state index contributed by atoms with van der Waals surface area (Å²) in [6.07, 6.45) is 0.953. The van der Waals surface area contributed by atoms with E-state index in [-0.39, 0.29) is 0 Å². The van der Waals surface area contributed by atoms with Crippen LogP contribution in [0.15, 0.2) is 54.6 Å². The minimum Gasteiger partial charge on any atom is -0.384 e. The molecule has 3 N–H and O–H groups in total.